The van der Waals surface area contributed by atoms with Crippen molar-refractivity contribution in [1.29, 1.82) is 0 Å². The smallest absolute Gasteiger partial charge is 0.00760 e. The normalized spacial score (nSPS) is 13.5. The average Bonchev–Trinajstić information content (AvgIpc) is 2.56. The maximum Gasteiger partial charge on any atom is -0.00760 e. The molecule has 0 saturated carbocycles. The quantitative estimate of drug-likeness (QED) is 0.414. The van der Waals surface area contributed by atoms with E-state index in [0.29, 0.717) is 5.92 Å². The van der Waals surface area contributed by atoms with E-state index >= 15 is 0 Å². The zero-order chi connectivity index (χ0) is 15.6. The SMILES string of the molecule is CC(=CC(C)C=CCCCc1ccccc1)c1ccccc1. The second-order valence-electron chi connectivity index (χ2n) is 5.88. The Morgan fingerprint density at radius 1 is 0.955 bits per heavy atom. The topological polar surface area (TPSA) is 0 Å². The minimum Gasteiger partial charge on any atom is -0.0879 e. The standard InChI is InChI=1S/C22H26/c1-19(18-20(2)22-16-10-5-11-17-22)12-6-3-7-13-21-14-8-4-9-15-21/h4-6,8-12,14-19H,3,7,13H2,1-2H3. The predicted molar refractivity (Wildman–Crippen MR) is 97.8 cm³/mol. The molecule has 2 aromatic carbocycles. The van der Waals surface area contributed by atoms with Gasteiger partial charge in [0, 0.05) is 0 Å². The molecule has 0 heterocycles. The molecule has 114 valence electrons. The van der Waals surface area contributed by atoms with Crippen molar-refractivity contribution in [2.75, 3.05) is 0 Å². The van der Waals surface area contributed by atoms with Gasteiger partial charge < -0.3 is 0 Å². The summed E-state index contributed by atoms with van der Waals surface area (Å²) in [6.07, 6.45) is 10.5. The molecule has 0 N–H and O–H groups in total. The molecule has 0 radical (unpaired) electrons. The van der Waals surface area contributed by atoms with Crippen LogP contribution in [0.2, 0.25) is 0 Å². The van der Waals surface area contributed by atoms with Gasteiger partial charge in [-0.1, -0.05) is 85.8 Å². The molecule has 0 amide bonds. The summed E-state index contributed by atoms with van der Waals surface area (Å²) in [5.41, 5.74) is 4.10. The third-order valence-electron chi connectivity index (χ3n) is 3.86. The molecular formula is C22H26. The van der Waals surface area contributed by atoms with Crippen molar-refractivity contribution in [2.45, 2.75) is 33.1 Å². The minimum atomic E-state index is 0.483. The Bertz CT molecular complexity index is 590. The first-order chi connectivity index (χ1) is 10.8. The number of hydrogen-bond acceptors (Lipinski definition) is 0. The van der Waals surface area contributed by atoms with Crippen LogP contribution in [0.3, 0.4) is 0 Å². The first-order valence-electron chi connectivity index (χ1n) is 8.20. The highest BCUT2D eigenvalue weighted by Crippen LogP contribution is 2.16. The van der Waals surface area contributed by atoms with Gasteiger partial charge in [0.1, 0.15) is 0 Å². The largest absolute Gasteiger partial charge is 0.0879 e. The van der Waals surface area contributed by atoms with E-state index in [4.69, 9.17) is 0 Å². The fraction of sp³-hybridized carbons (Fsp3) is 0.273. The van der Waals surface area contributed by atoms with Crippen molar-refractivity contribution in [3.63, 3.8) is 0 Å². The van der Waals surface area contributed by atoms with Gasteiger partial charge in [-0.2, -0.15) is 0 Å². The molecule has 0 aliphatic rings. The molecule has 0 heteroatoms. The van der Waals surface area contributed by atoms with Crippen molar-refractivity contribution in [3.05, 3.63) is 90.0 Å². The lowest BCUT2D eigenvalue weighted by Gasteiger charge is -2.05. The van der Waals surface area contributed by atoms with Gasteiger partial charge in [0.2, 0.25) is 0 Å². The molecule has 0 spiro atoms. The summed E-state index contributed by atoms with van der Waals surface area (Å²) in [5, 5.41) is 0. The number of allylic oxidation sites excluding steroid dienone is 4. The first-order valence-corrected chi connectivity index (χ1v) is 8.20. The highest BCUT2D eigenvalue weighted by Gasteiger charge is 1.97. The van der Waals surface area contributed by atoms with Crippen LogP contribution in [0.15, 0.2) is 78.9 Å². The molecule has 1 atom stereocenters. The van der Waals surface area contributed by atoms with E-state index in [0.717, 1.165) is 6.42 Å². The number of unbranched alkanes of at least 4 members (excludes halogenated alkanes) is 1. The summed E-state index contributed by atoms with van der Waals surface area (Å²) in [6.45, 7) is 4.44. The highest BCUT2D eigenvalue weighted by atomic mass is 14.0. The minimum absolute atomic E-state index is 0.483. The molecular weight excluding hydrogens is 264 g/mol. The Kier molecular flexibility index (Phi) is 6.70. The summed E-state index contributed by atoms with van der Waals surface area (Å²) in [4.78, 5) is 0. The molecule has 0 saturated heterocycles. The van der Waals surface area contributed by atoms with Gasteiger partial charge in [0.15, 0.2) is 0 Å². The number of hydrogen-bond donors (Lipinski definition) is 0. The van der Waals surface area contributed by atoms with E-state index in [9.17, 15) is 0 Å². The van der Waals surface area contributed by atoms with Gasteiger partial charge >= 0.3 is 0 Å². The lowest BCUT2D eigenvalue weighted by molar-refractivity contribution is 0.831. The second-order valence-corrected chi connectivity index (χ2v) is 5.88. The van der Waals surface area contributed by atoms with Gasteiger partial charge in [-0.05, 0) is 48.8 Å². The molecule has 2 aromatic rings. The van der Waals surface area contributed by atoms with E-state index in [1.54, 1.807) is 0 Å². The lowest BCUT2D eigenvalue weighted by Crippen LogP contribution is -1.87. The molecule has 0 aliphatic heterocycles. The lowest BCUT2D eigenvalue weighted by atomic mass is 10.0. The van der Waals surface area contributed by atoms with Crippen molar-refractivity contribution in [3.8, 4) is 0 Å². The Morgan fingerprint density at radius 2 is 1.59 bits per heavy atom. The van der Waals surface area contributed by atoms with Crippen LogP contribution in [0.25, 0.3) is 5.57 Å². The summed E-state index contributed by atoms with van der Waals surface area (Å²) in [6, 6.07) is 21.3. The monoisotopic (exact) mass is 290 g/mol. The summed E-state index contributed by atoms with van der Waals surface area (Å²) in [7, 11) is 0. The van der Waals surface area contributed by atoms with E-state index in [1.807, 2.05) is 0 Å². The number of benzene rings is 2. The van der Waals surface area contributed by atoms with Gasteiger partial charge in [-0.25, -0.2) is 0 Å². The fourth-order valence-electron chi connectivity index (χ4n) is 2.63. The van der Waals surface area contributed by atoms with Gasteiger partial charge in [-0.15, -0.1) is 0 Å². The zero-order valence-electron chi connectivity index (χ0n) is 13.7. The second kappa shape index (κ2) is 9.04. The maximum absolute atomic E-state index is 2.34. The van der Waals surface area contributed by atoms with E-state index < -0.39 is 0 Å². The van der Waals surface area contributed by atoms with Crippen LogP contribution in [0, 0.1) is 5.92 Å². The van der Waals surface area contributed by atoms with Crippen molar-refractivity contribution >= 4 is 5.57 Å². The van der Waals surface area contributed by atoms with Crippen molar-refractivity contribution < 1.29 is 0 Å². The van der Waals surface area contributed by atoms with E-state index in [-0.39, 0.29) is 0 Å². The molecule has 2 rings (SSSR count). The van der Waals surface area contributed by atoms with Gasteiger partial charge in [0.25, 0.3) is 0 Å². The van der Waals surface area contributed by atoms with Crippen LogP contribution >= 0.6 is 0 Å². The Labute approximate surface area is 135 Å². The van der Waals surface area contributed by atoms with Crippen LogP contribution in [0.1, 0.15) is 37.8 Å². The molecule has 22 heavy (non-hydrogen) atoms. The fourth-order valence-corrected chi connectivity index (χ4v) is 2.63. The van der Waals surface area contributed by atoms with Crippen molar-refractivity contribution in [1.82, 2.24) is 0 Å². The van der Waals surface area contributed by atoms with Gasteiger partial charge in [-0.3, -0.25) is 0 Å². The summed E-state index contributed by atoms with van der Waals surface area (Å²) >= 11 is 0. The first kappa shape index (κ1) is 16.3. The highest BCUT2D eigenvalue weighted by molar-refractivity contribution is 5.63. The Hall–Kier alpha value is -2.08. The third kappa shape index (κ3) is 5.73. The number of aryl methyl sites for hydroxylation is 1. The van der Waals surface area contributed by atoms with Crippen LogP contribution in [0.5, 0.6) is 0 Å². The Balaban J connectivity index is 1.75. The predicted octanol–water partition coefficient (Wildman–Crippen LogP) is 6.31. The number of rotatable bonds is 7. The zero-order valence-corrected chi connectivity index (χ0v) is 13.7. The molecule has 0 bridgehead atoms. The average molecular weight is 290 g/mol. The van der Waals surface area contributed by atoms with Crippen LogP contribution in [-0.2, 0) is 6.42 Å². The maximum atomic E-state index is 2.34. The van der Waals surface area contributed by atoms with Gasteiger partial charge in [0.05, 0.1) is 0 Å². The molecule has 0 fully saturated rings. The van der Waals surface area contributed by atoms with Crippen molar-refractivity contribution in [2.24, 2.45) is 5.92 Å². The van der Waals surface area contributed by atoms with Crippen LogP contribution in [-0.4, -0.2) is 0 Å². The molecule has 0 nitrogen and oxygen atoms in total. The third-order valence-corrected chi connectivity index (χ3v) is 3.86. The Morgan fingerprint density at radius 3 is 2.27 bits per heavy atom. The van der Waals surface area contributed by atoms with Crippen LogP contribution < -0.4 is 0 Å². The van der Waals surface area contributed by atoms with Crippen LogP contribution in [0.4, 0.5) is 0 Å². The van der Waals surface area contributed by atoms with E-state index in [2.05, 4.69) is 92.7 Å². The molecule has 0 aliphatic carbocycles. The molecule has 0 aromatic heterocycles. The van der Waals surface area contributed by atoms with E-state index in [1.165, 1.54) is 29.5 Å². The molecule has 1 unspecified atom stereocenters. The summed E-state index contributed by atoms with van der Waals surface area (Å²) < 4.78 is 0. The summed E-state index contributed by atoms with van der Waals surface area (Å²) in [5.74, 6) is 0.483.